The van der Waals surface area contributed by atoms with Crippen molar-refractivity contribution in [1.29, 1.82) is 0 Å². The largest absolute Gasteiger partial charge is 0.466 e. The van der Waals surface area contributed by atoms with E-state index in [0.29, 0.717) is 11.7 Å². The summed E-state index contributed by atoms with van der Waals surface area (Å²) in [5.41, 5.74) is 0.623. The standard InChI is InChI=1S/C13H18N4O2/c1-19-13(18)5-4-10-8-16-12(9-15-10)17-11-3-2-6-14-7-11/h4-5,8-9,11,14H,2-3,6-7H2,1H3,(H,16,17)/t11-/m1/s1. The van der Waals surface area contributed by atoms with E-state index in [0.717, 1.165) is 25.3 Å². The van der Waals surface area contributed by atoms with Crippen LogP contribution in [-0.4, -0.2) is 42.2 Å². The second-order valence-electron chi connectivity index (χ2n) is 4.37. The number of anilines is 1. The van der Waals surface area contributed by atoms with E-state index in [1.165, 1.54) is 19.6 Å². The fraction of sp³-hybridized carbons (Fsp3) is 0.462. The SMILES string of the molecule is COC(=O)C=Cc1cnc(N[C@@H]2CCCNC2)cn1. The van der Waals surface area contributed by atoms with Crippen molar-refractivity contribution < 1.29 is 9.53 Å². The number of piperidine rings is 1. The van der Waals surface area contributed by atoms with Gasteiger partial charge in [-0.15, -0.1) is 0 Å². The lowest BCUT2D eigenvalue weighted by Gasteiger charge is -2.24. The molecule has 1 saturated heterocycles. The molecule has 1 aromatic heterocycles. The van der Waals surface area contributed by atoms with Crippen molar-refractivity contribution in [2.75, 3.05) is 25.5 Å². The molecule has 0 radical (unpaired) electrons. The van der Waals surface area contributed by atoms with E-state index in [9.17, 15) is 4.79 Å². The van der Waals surface area contributed by atoms with E-state index in [1.54, 1.807) is 18.5 Å². The summed E-state index contributed by atoms with van der Waals surface area (Å²) >= 11 is 0. The molecule has 2 heterocycles. The molecular formula is C13H18N4O2. The third kappa shape index (κ3) is 4.33. The first-order chi connectivity index (χ1) is 9.28. The number of ether oxygens (including phenoxy) is 1. The number of aromatic nitrogens is 2. The molecular weight excluding hydrogens is 244 g/mol. The number of rotatable bonds is 4. The van der Waals surface area contributed by atoms with Crippen LogP contribution in [0.4, 0.5) is 5.82 Å². The molecule has 2 rings (SSSR count). The molecule has 0 spiro atoms. The maximum atomic E-state index is 10.9. The first-order valence-electron chi connectivity index (χ1n) is 6.33. The van der Waals surface area contributed by atoms with E-state index in [1.807, 2.05) is 0 Å². The zero-order chi connectivity index (χ0) is 13.5. The van der Waals surface area contributed by atoms with Crippen LogP contribution >= 0.6 is 0 Å². The molecule has 2 N–H and O–H groups in total. The van der Waals surface area contributed by atoms with Gasteiger partial charge in [-0.25, -0.2) is 9.78 Å². The predicted octanol–water partition coefficient (Wildman–Crippen LogP) is 0.827. The molecule has 0 aromatic carbocycles. The first-order valence-corrected chi connectivity index (χ1v) is 6.33. The zero-order valence-corrected chi connectivity index (χ0v) is 10.9. The molecule has 19 heavy (non-hydrogen) atoms. The van der Waals surface area contributed by atoms with Gasteiger partial charge in [-0.1, -0.05) is 0 Å². The number of carbonyl (C=O) groups is 1. The van der Waals surface area contributed by atoms with Crippen molar-refractivity contribution in [1.82, 2.24) is 15.3 Å². The Bertz CT molecular complexity index is 438. The van der Waals surface area contributed by atoms with Crippen molar-refractivity contribution in [2.24, 2.45) is 0 Å². The van der Waals surface area contributed by atoms with E-state index in [4.69, 9.17) is 0 Å². The molecule has 0 bridgehead atoms. The lowest BCUT2D eigenvalue weighted by molar-refractivity contribution is -0.134. The molecule has 1 aromatic rings. The minimum atomic E-state index is -0.405. The van der Waals surface area contributed by atoms with Crippen LogP contribution in [0.5, 0.6) is 0 Å². The number of hydrogen-bond donors (Lipinski definition) is 2. The Morgan fingerprint density at radius 3 is 3.05 bits per heavy atom. The van der Waals surface area contributed by atoms with Gasteiger partial charge in [0.1, 0.15) is 5.82 Å². The number of hydrogen-bond acceptors (Lipinski definition) is 6. The highest BCUT2D eigenvalue weighted by Gasteiger charge is 2.12. The maximum Gasteiger partial charge on any atom is 0.330 e. The van der Waals surface area contributed by atoms with Gasteiger partial charge < -0.3 is 15.4 Å². The summed E-state index contributed by atoms with van der Waals surface area (Å²) in [5.74, 6) is 0.348. The molecule has 1 atom stereocenters. The van der Waals surface area contributed by atoms with Crippen molar-refractivity contribution in [3.05, 3.63) is 24.2 Å². The van der Waals surface area contributed by atoms with Gasteiger partial charge >= 0.3 is 5.97 Å². The van der Waals surface area contributed by atoms with Gasteiger partial charge in [-0.2, -0.15) is 0 Å². The average molecular weight is 262 g/mol. The van der Waals surface area contributed by atoms with Gasteiger partial charge in [-0.05, 0) is 25.5 Å². The molecule has 6 nitrogen and oxygen atoms in total. The summed E-state index contributed by atoms with van der Waals surface area (Å²) in [6.07, 6.45) is 8.50. The van der Waals surface area contributed by atoms with Crippen LogP contribution in [0.25, 0.3) is 6.08 Å². The second kappa shape index (κ2) is 6.84. The van der Waals surface area contributed by atoms with Crippen LogP contribution in [0.1, 0.15) is 18.5 Å². The first kappa shape index (κ1) is 13.5. The number of methoxy groups -OCH3 is 1. The van der Waals surface area contributed by atoms with Crippen molar-refractivity contribution in [2.45, 2.75) is 18.9 Å². The molecule has 1 aliphatic rings. The summed E-state index contributed by atoms with van der Waals surface area (Å²) < 4.78 is 4.50. The topological polar surface area (TPSA) is 76.1 Å². The van der Waals surface area contributed by atoms with Crippen LogP contribution < -0.4 is 10.6 Å². The lowest BCUT2D eigenvalue weighted by Crippen LogP contribution is -2.38. The molecule has 6 heteroatoms. The maximum absolute atomic E-state index is 10.9. The van der Waals surface area contributed by atoms with E-state index < -0.39 is 5.97 Å². The molecule has 0 saturated carbocycles. The quantitative estimate of drug-likeness (QED) is 0.618. The van der Waals surface area contributed by atoms with Crippen LogP contribution in [-0.2, 0) is 9.53 Å². The Morgan fingerprint density at radius 1 is 1.53 bits per heavy atom. The van der Waals surface area contributed by atoms with E-state index >= 15 is 0 Å². The average Bonchev–Trinajstić information content (AvgIpc) is 2.47. The van der Waals surface area contributed by atoms with Crippen molar-refractivity contribution in [3.63, 3.8) is 0 Å². The van der Waals surface area contributed by atoms with Gasteiger partial charge in [0.05, 0.1) is 25.2 Å². The third-order valence-corrected chi connectivity index (χ3v) is 2.91. The third-order valence-electron chi connectivity index (χ3n) is 2.91. The molecule has 1 fully saturated rings. The minimum absolute atomic E-state index is 0.402. The summed E-state index contributed by atoms with van der Waals surface area (Å²) in [4.78, 5) is 19.4. The Balaban J connectivity index is 1.90. The van der Waals surface area contributed by atoms with E-state index in [2.05, 4.69) is 25.3 Å². The van der Waals surface area contributed by atoms with Crippen LogP contribution in [0, 0.1) is 0 Å². The number of esters is 1. The molecule has 1 aliphatic heterocycles. The van der Waals surface area contributed by atoms with Crippen LogP contribution in [0.3, 0.4) is 0 Å². The zero-order valence-electron chi connectivity index (χ0n) is 10.9. The highest BCUT2D eigenvalue weighted by atomic mass is 16.5. The highest BCUT2D eigenvalue weighted by Crippen LogP contribution is 2.09. The smallest absolute Gasteiger partial charge is 0.330 e. The Morgan fingerprint density at radius 2 is 2.42 bits per heavy atom. The summed E-state index contributed by atoms with van der Waals surface area (Å²) in [6.45, 7) is 2.03. The predicted molar refractivity (Wildman–Crippen MR) is 72.6 cm³/mol. The second-order valence-corrected chi connectivity index (χ2v) is 4.37. The minimum Gasteiger partial charge on any atom is -0.466 e. The molecule has 102 valence electrons. The summed E-state index contributed by atoms with van der Waals surface area (Å²) in [6, 6.07) is 0.402. The Hall–Kier alpha value is -1.95. The molecule has 0 amide bonds. The highest BCUT2D eigenvalue weighted by molar-refractivity contribution is 5.86. The fourth-order valence-electron chi connectivity index (χ4n) is 1.90. The molecule has 0 aliphatic carbocycles. The van der Waals surface area contributed by atoms with E-state index in [-0.39, 0.29) is 0 Å². The lowest BCUT2D eigenvalue weighted by atomic mass is 10.1. The normalized spacial score (nSPS) is 19.3. The van der Waals surface area contributed by atoms with Crippen LogP contribution in [0.15, 0.2) is 18.5 Å². The molecule has 0 unspecified atom stereocenters. The summed E-state index contributed by atoms with van der Waals surface area (Å²) in [5, 5.41) is 6.66. The van der Waals surface area contributed by atoms with Gasteiger partial charge in [0.2, 0.25) is 0 Å². The van der Waals surface area contributed by atoms with Crippen molar-refractivity contribution in [3.8, 4) is 0 Å². The van der Waals surface area contributed by atoms with Gasteiger partial charge in [-0.3, -0.25) is 4.98 Å². The fourth-order valence-corrected chi connectivity index (χ4v) is 1.90. The van der Waals surface area contributed by atoms with Gasteiger partial charge in [0.25, 0.3) is 0 Å². The number of nitrogens with one attached hydrogen (secondary N) is 2. The Kier molecular flexibility index (Phi) is 4.85. The number of carbonyl (C=O) groups excluding carboxylic acids is 1. The summed E-state index contributed by atoms with van der Waals surface area (Å²) in [7, 11) is 1.34. The van der Waals surface area contributed by atoms with Crippen LogP contribution in [0.2, 0.25) is 0 Å². The Labute approximate surface area is 112 Å². The van der Waals surface area contributed by atoms with Gasteiger partial charge in [0.15, 0.2) is 0 Å². The van der Waals surface area contributed by atoms with Gasteiger partial charge in [0, 0.05) is 18.7 Å². The van der Waals surface area contributed by atoms with Crippen molar-refractivity contribution >= 4 is 17.9 Å². The number of nitrogens with zero attached hydrogens (tertiary/aromatic N) is 2. The monoisotopic (exact) mass is 262 g/mol.